The Kier molecular flexibility index (Phi) is 4.11. The van der Waals surface area contributed by atoms with Crippen molar-refractivity contribution in [1.82, 2.24) is 15.5 Å². The van der Waals surface area contributed by atoms with E-state index in [0.29, 0.717) is 24.2 Å². The van der Waals surface area contributed by atoms with Gasteiger partial charge in [-0.25, -0.2) is 4.39 Å². The summed E-state index contributed by atoms with van der Waals surface area (Å²) in [7, 11) is 0. The minimum absolute atomic E-state index is 0.259. The van der Waals surface area contributed by atoms with Gasteiger partial charge in [0.1, 0.15) is 5.82 Å². The van der Waals surface area contributed by atoms with Gasteiger partial charge in [0.2, 0.25) is 5.89 Å². The van der Waals surface area contributed by atoms with Crippen LogP contribution in [0.4, 0.5) is 16.1 Å². The molecule has 0 atom stereocenters. The largest absolute Gasteiger partial charge is 0.406 e. The summed E-state index contributed by atoms with van der Waals surface area (Å²) in [5.74, 6) is 0.180. The summed E-state index contributed by atoms with van der Waals surface area (Å²) >= 11 is 0. The maximum atomic E-state index is 13.1. The lowest BCUT2D eigenvalue weighted by atomic mass is 10.2. The van der Waals surface area contributed by atoms with E-state index in [4.69, 9.17) is 4.42 Å². The van der Waals surface area contributed by atoms with Gasteiger partial charge in [0, 0.05) is 11.7 Å². The first-order valence-electron chi connectivity index (χ1n) is 6.13. The highest BCUT2D eigenvalue weighted by atomic mass is 19.1. The van der Waals surface area contributed by atoms with Crippen LogP contribution in [-0.4, -0.2) is 16.2 Å². The molecule has 2 rings (SSSR count). The predicted octanol–water partition coefficient (Wildman–Crippen LogP) is 2.76. The van der Waals surface area contributed by atoms with Crippen molar-refractivity contribution in [3.8, 4) is 0 Å². The van der Waals surface area contributed by atoms with Crippen molar-refractivity contribution in [1.29, 1.82) is 0 Å². The number of aryl methyl sites for hydroxylation is 1. The number of nitrogens with one attached hydrogen (secondary N) is 2. The number of benzene rings is 1. The second-order valence-corrected chi connectivity index (χ2v) is 4.62. The zero-order chi connectivity index (χ0) is 13.8. The topological polar surface area (TPSA) is 63.0 Å². The van der Waals surface area contributed by atoms with Crippen LogP contribution in [0, 0.1) is 12.7 Å². The van der Waals surface area contributed by atoms with E-state index in [1.54, 1.807) is 6.07 Å². The van der Waals surface area contributed by atoms with Crippen molar-refractivity contribution in [3.05, 3.63) is 35.5 Å². The Balaban J connectivity index is 2.05. The first-order chi connectivity index (χ1) is 9.04. The molecule has 19 heavy (non-hydrogen) atoms. The summed E-state index contributed by atoms with van der Waals surface area (Å²) in [4.78, 5) is 0. The maximum Gasteiger partial charge on any atom is 0.320 e. The molecule has 0 unspecified atom stereocenters. The van der Waals surface area contributed by atoms with Crippen LogP contribution in [0.15, 0.2) is 22.6 Å². The zero-order valence-electron chi connectivity index (χ0n) is 11.2. The highest BCUT2D eigenvalue weighted by molar-refractivity contribution is 5.56. The summed E-state index contributed by atoms with van der Waals surface area (Å²) in [5.41, 5.74) is 1.52. The molecular formula is C13H17FN4O. The van der Waals surface area contributed by atoms with E-state index in [2.05, 4.69) is 20.8 Å². The van der Waals surface area contributed by atoms with Gasteiger partial charge in [0.25, 0.3) is 0 Å². The predicted molar refractivity (Wildman–Crippen MR) is 70.7 cm³/mol. The van der Waals surface area contributed by atoms with Gasteiger partial charge in [0.15, 0.2) is 0 Å². The number of aromatic nitrogens is 2. The molecule has 0 spiro atoms. The van der Waals surface area contributed by atoms with E-state index in [-0.39, 0.29) is 11.8 Å². The molecule has 0 aliphatic heterocycles. The van der Waals surface area contributed by atoms with Crippen molar-refractivity contribution in [3.63, 3.8) is 0 Å². The average Bonchev–Trinajstić information content (AvgIpc) is 2.79. The van der Waals surface area contributed by atoms with Crippen LogP contribution in [0.2, 0.25) is 0 Å². The normalized spacial score (nSPS) is 11.0. The second-order valence-electron chi connectivity index (χ2n) is 4.62. The Hall–Kier alpha value is -1.95. The molecule has 0 radical (unpaired) electrons. The molecule has 0 aliphatic carbocycles. The number of halogens is 1. The SMILES string of the molecule is Cc1ccc(F)cc1Nc1nnc(CNC(C)C)o1. The Morgan fingerprint density at radius 1 is 1.32 bits per heavy atom. The molecule has 2 aromatic rings. The first-order valence-corrected chi connectivity index (χ1v) is 6.13. The summed E-state index contributed by atoms with van der Waals surface area (Å²) < 4.78 is 18.6. The molecular weight excluding hydrogens is 247 g/mol. The average molecular weight is 264 g/mol. The third-order valence-electron chi connectivity index (χ3n) is 2.57. The van der Waals surface area contributed by atoms with E-state index in [9.17, 15) is 4.39 Å². The molecule has 6 heteroatoms. The van der Waals surface area contributed by atoms with Crippen LogP contribution in [-0.2, 0) is 6.54 Å². The molecule has 5 nitrogen and oxygen atoms in total. The quantitative estimate of drug-likeness (QED) is 0.869. The van der Waals surface area contributed by atoms with Gasteiger partial charge in [-0.2, -0.15) is 0 Å². The Morgan fingerprint density at radius 2 is 2.11 bits per heavy atom. The number of nitrogens with zero attached hydrogens (tertiary/aromatic N) is 2. The molecule has 0 fully saturated rings. The van der Waals surface area contributed by atoms with Crippen LogP contribution in [0.3, 0.4) is 0 Å². The molecule has 102 valence electrons. The van der Waals surface area contributed by atoms with Crippen molar-refractivity contribution < 1.29 is 8.81 Å². The smallest absolute Gasteiger partial charge is 0.320 e. The molecule has 0 amide bonds. The summed E-state index contributed by atoms with van der Waals surface area (Å²) in [5, 5.41) is 13.9. The standard InChI is InChI=1S/C13H17FN4O/c1-8(2)15-7-12-17-18-13(19-12)16-11-6-10(14)5-4-9(11)3/h4-6,8,15H,7H2,1-3H3,(H,16,18). The first kappa shape index (κ1) is 13.5. The minimum atomic E-state index is -0.311. The molecule has 1 aromatic carbocycles. The Morgan fingerprint density at radius 3 is 2.84 bits per heavy atom. The number of hydrogen-bond donors (Lipinski definition) is 2. The van der Waals surface area contributed by atoms with E-state index in [0.717, 1.165) is 5.56 Å². The molecule has 0 bridgehead atoms. The fraction of sp³-hybridized carbons (Fsp3) is 0.385. The van der Waals surface area contributed by atoms with Gasteiger partial charge in [-0.05, 0) is 24.6 Å². The van der Waals surface area contributed by atoms with Gasteiger partial charge >= 0.3 is 6.01 Å². The van der Waals surface area contributed by atoms with E-state index < -0.39 is 0 Å². The lowest BCUT2D eigenvalue weighted by Gasteiger charge is -2.05. The van der Waals surface area contributed by atoms with Crippen LogP contribution >= 0.6 is 0 Å². The summed E-state index contributed by atoms with van der Waals surface area (Å²) in [6, 6.07) is 5.09. The van der Waals surface area contributed by atoms with Gasteiger partial charge in [0.05, 0.1) is 6.54 Å². The Labute approximate surface area is 111 Å². The van der Waals surface area contributed by atoms with Gasteiger partial charge < -0.3 is 15.1 Å². The molecule has 0 aliphatic rings. The second kappa shape index (κ2) is 5.79. The van der Waals surface area contributed by atoms with Crippen LogP contribution in [0.1, 0.15) is 25.3 Å². The van der Waals surface area contributed by atoms with Crippen LogP contribution in [0.5, 0.6) is 0 Å². The van der Waals surface area contributed by atoms with E-state index >= 15 is 0 Å². The lowest BCUT2D eigenvalue weighted by molar-refractivity contribution is 0.460. The Bertz CT molecular complexity index is 553. The monoisotopic (exact) mass is 264 g/mol. The number of rotatable bonds is 5. The fourth-order valence-electron chi connectivity index (χ4n) is 1.51. The lowest BCUT2D eigenvalue weighted by Crippen LogP contribution is -2.21. The molecule has 1 heterocycles. The van der Waals surface area contributed by atoms with Crippen LogP contribution < -0.4 is 10.6 Å². The van der Waals surface area contributed by atoms with Gasteiger partial charge in [-0.15, -0.1) is 5.10 Å². The van der Waals surface area contributed by atoms with Crippen molar-refractivity contribution in [2.24, 2.45) is 0 Å². The molecule has 2 N–H and O–H groups in total. The molecule has 1 aromatic heterocycles. The highest BCUT2D eigenvalue weighted by Crippen LogP contribution is 2.20. The van der Waals surface area contributed by atoms with Crippen molar-refractivity contribution in [2.75, 3.05) is 5.32 Å². The zero-order valence-corrected chi connectivity index (χ0v) is 11.2. The number of hydrogen-bond acceptors (Lipinski definition) is 5. The van der Waals surface area contributed by atoms with E-state index in [1.165, 1.54) is 12.1 Å². The van der Waals surface area contributed by atoms with Crippen LogP contribution in [0.25, 0.3) is 0 Å². The van der Waals surface area contributed by atoms with Crippen molar-refractivity contribution >= 4 is 11.7 Å². The van der Waals surface area contributed by atoms with Gasteiger partial charge in [-0.1, -0.05) is 25.0 Å². The maximum absolute atomic E-state index is 13.1. The summed E-state index contributed by atoms with van der Waals surface area (Å²) in [6.45, 7) is 6.45. The molecule has 0 saturated carbocycles. The number of anilines is 2. The summed E-state index contributed by atoms with van der Waals surface area (Å²) in [6.07, 6.45) is 0. The van der Waals surface area contributed by atoms with Gasteiger partial charge in [-0.3, -0.25) is 0 Å². The fourth-order valence-corrected chi connectivity index (χ4v) is 1.51. The highest BCUT2D eigenvalue weighted by Gasteiger charge is 2.08. The minimum Gasteiger partial charge on any atom is -0.406 e. The molecule has 0 saturated heterocycles. The van der Waals surface area contributed by atoms with E-state index in [1.807, 2.05) is 20.8 Å². The third-order valence-corrected chi connectivity index (χ3v) is 2.57. The van der Waals surface area contributed by atoms with Crippen molar-refractivity contribution in [2.45, 2.75) is 33.4 Å². The third kappa shape index (κ3) is 3.75.